The van der Waals surface area contributed by atoms with E-state index in [4.69, 9.17) is 11.6 Å². The summed E-state index contributed by atoms with van der Waals surface area (Å²) in [6.45, 7) is 0.376. The Balaban J connectivity index is 1.71. The minimum absolute atomic E-state index is 0.0366. The molecule has 5 nitrogen and oxygen atoms in total. The van der Waals surface area contributed by atoms with E-state index in [1.807, 2.05) is 6.26 Å². The van der Waals surface area contributed by atoms with Crippen LogP contribution in [0.25, 0.3) is 0 Å². The molecule has 11 heteroatoms. The third kappa shape index (κ3) is 4.77. The number of alkyl halides is 3. The number of thioether (sulfide) groups is 1. The van der Waals surface area contributed by atoms with Gasteiger partial charge in [0.2, 0.25) is 10.0 Å². The van der Waals surface area contributed by atoms with E-state index in [0.29, 0.717) is 10.6 Å². The third-order valence-electron chi connectivity index (χ3n) is 4.75. The summed E-state index contributed by atoms with van der Waals surface area (Å²) in [4.78, 5) is 15.0. The van der Waals surface area contributed by atoms with Crippen LogP contribution in [0.2, 0.25) is 5.02 Å². The molecule has 0 saturated carbocycles. The Labute approximate surface area is 181 Å². The molecule has 162 valence electrons. The summed E-state index contributed by atoms with van der Waals surface area (Å²) in [6.07, 6.45) is -2.66. The Bertz CT molecular complexity index is 1040. The number of hydrogen-bond donors (Lipinski definition) is 0. The van der Waals surface area contributed by atoms with Gasteiger partial charge >= 0.3 is 6.18 Å². The van der Waals surface area contributed by atoms with Gasteiger partial charge in [-0.05, 0) is 48.7 Å². The van der Waals surface area contributed by atoms with Gasteiger partial charge in [-0.25, -0.2) is 8.42 Å². The summed E-state index contributed by atoms with van der Waals surface area (Å²) in [5.41, 5.74) is -0.566. The second-order valence-electron chi connectivity index (χ2n) is 6.56. The molecule has 1 heterocycles. The van der Waals surface area contributed by atoms with Crippen LogP contribution in [-0.4, -0.2) is 56.0 Å². The minimum Gasteiger partial charge on any atom is -0.336 e. The molecule has 0 N–H and O–H groups in total. The molecule has 0 spiro atoms. The highest BCUT2D eigenvalue weighted by molar-refractivity contribution is 7.98. The van der Waals surface area contributed by atoms with Crippen LogP contribution in [0.3, 0.4) is 0 Å². The lowest BCUT2D eigenvalue weighted by atomic mass is 10.2. The zero-order valence-electron chi connectivity index (χ0n) is 15.8. The smallest absolute Gasteiger partial charge is 0.336 e. The predicted molar refractivity (Wildman–Crippen MR) is 109 cm³/mol. The standard InChI is InChI=1S/C19H18ClF3N2O3S2/c1-29-14-4-7-17(20)16(12-14)18(26)24-8-10-25(11-9-24)30(27,28)15-5-2-13(3-6-15)19(21,22)23/h2-7,12H,8-11H2,1H3. The molecule has 2 aromatic carbocycles. The maximum Gasteiger partial charge on any atom is 0.416 e. The van der Waals surface area contributed by atoms with E-state index in [-0.39, 0.29) is 37.0 Å². The summed E-state index contributed by atoms with van der Waals surface area (Å²) in [6, 6.07) is 8.53. The zero-order chi connectivity index (χ0) is 22.1. The highest BCUT2D eigenvalue weighted by atomic mass is 35.5. The van der Waals surface area contributed by atoms with Gasteiger partial charge < -0.3 is 4.90 Å². The topological polar surface area (TPSA) is 57.7 Å². The molecule has 0 aromatic heterocycles. The average molecular weight is 479 g/mol. The molecular formula is C19H18ClF3N2O3S2. The Kier molecular flexibility index (Phi) is 6.71. The highest BCUT2D eigenvalue weighted by Gasteiger charge is 2.33. The van der Waals surface area contributed by atoms with Crippen molar-refractivity contribution in [1.82, 2.24) is 9.21 Å². The fourth-order valence-corrected chi connectivity index (χ4v) is 5.12. The van der Waals surface area contributed by atoms with E-state index in [9.17, 15) is 26.4 Å². The minimum atomic E-state index is -4.54. The van der Waals surface area contributed by atoms with Gasteiger partial charge in [0.25, 0.3) is 5.91 Å². The van der Waals surface area contributed by atoms with Gasteiger partial charge in [-0.15, -0.1) is 11.8 Å². The van der Waals surface area contributed by atoms with Gasteiger partial charge in [0, 0.05) is 31.1 Å². The number of benzene rings is 2. The first kappa shape index (κ1) is 22.9. The van der Waals surface area contributed by atoms with Crippen molar-refractivity contribution >= 4 is 39.3 Å². The van der Waals surface area contributed by atoms with Gasteiger partial charge in [0.15, 0.2) is 0 Å². The van der Waals surface area contributed by atoms with Gasteiger partial charge in [-0.3, -0.25) is 4.79 Å². The fraction of sp³-hybridized carbons (Fsp3) is 0.316. The van der Waals surface area contributed by atoms with Crippen molar-refractivity contribution in [2.45, 2.75) is 16.0 Å². The zero-order valence-corrected chi connectivity index (χ0v) is 18.2. The van der Waals surface area contributed by atoms with Gasteiger partial charge in [0.05, 0.1) is 21.0 Å². The Morgan fingerprint density at radius 3 is 2.17 bits per heavy atom. The van der Waals surface area contributed by atoms with E-state index in [0.717, 1.165) is 29.2 Å². The van der Waals surface area contributed by atoms with Crippen molar-refractivity contribution in [1.29, 1.82) is 0 Å². The number of halogens is 4. The molecular weight excluding hydrogens is 461 g/mol. The maximum absolute atomic E-state index is 12.8. The second-order valence-corrected chi connectivity index (χ2v) is 9.79. The number of piperazine rings is 1. The fourth-order valence-electron chi connectivity index (χ4n) is 3.06. The van der Waals surface area contributed by atoms with E-state index >= 15 is 0 Å². The Morgan fingerprint density at radius 1 is 1.03 bits per heavy atom. The molecule has 0 radical (unpaired) electrons. The first-order chi connectivity index (χ1) is 14.0. The number of amides is 1. The van der Waals surface area contributed by atoms with E-state index in [2.05, 4.69) is 0 Å². The molecule has 1 aliphatic rings. The predicted octanol–water partition coefficient (Wildman–Crippen LogP) is 4.23. The SMILES string of the molecule is CSc1ccc(Cl)c(C(=O)N2CCN(S(=O)(=O)c3ccc(C(F)(F)F)cc3)CC2)c1. The van der Waals surface area contributed by atoms with Crippen LogP contribution >= 0.6 is 23.4 Å². The number of carbonyl (C=O) groups is 1. The summed E-state index contributed by atoms with van der Waals surface area (Å²) in [7, 11) is -3.96. The second kappa shape index (κ2) is 8.78. The lowest BCUT2D eigenvalue weighted by Gasteiger charge is -2.34. The normalized spacial score (nSPS) is 16.0. The van der Waals surface area contributed by atoms with Crippen LogP contribution in [0.5, 0.6) is 0 Å². The molecule has 0 unspecified atom stereocenters. The molecule has 1 fully saturated rings. The molecule has 0 atom stereocenters. The molecule has 2 aromatic rings. The summed E-state index contributed by atoms with van der Waals surface area (Å²) in [5.74, 6) is -0.289. The molecule has 3 rings (SSSR count). The summed E-state index contributed by atoms with van der Waals surface area (Å²) < 4.78 is 64.8. The average Bonchev–Trinajstić information content (AvgIpc) is 2.73. The molecule has 0 bridgehead atoms. The number of rotatable bonds is 4. The molecule has 1 aliphatic heterocycles. The molecule has 0 aliphatic carbocycles. The molecule has 30 heavy (non-hydrogen) atoms. The third-order valence-corrected chi connectivity index (χ3v) is 7.72. The molecule has 1 amide bonds. The van der Waals surface area contributed by atoms with Crippen molar-refractivity contribution in [2.75, 3.05) is 32.4 Å². The summed E-state index contributed by atoms with van der Waals surface area (Å²) in [5, 5.41) is 0.317. The van der Waals surface area contributed by atoms with Crippen LogP contribution in [0.15, 0.2) is 52.3 Å². The van der Waals surface area contributed by atoms with Gasteiger partial charge in [0.1, 0.15) is 0 Å². The van der Waals surface area contributed by atoms with Crippen LogP contribution < -0.4 is 0 Å². The number of sulfonamides is 1. The van der Waals surface area contributed by atoms with Crippen LogP contribution in [-0.2, 0) is 16.2 Å². The number of carbonyl (C=O) groups excluding carboxylic acids is 1. The molecule has 1 saturated heterocycles. The number of hydrogen-bond acceptors (Lipinski definition) is 4. The van der Waals surface area contributed by atoms with Crippen molar-refractivity contribution < 1.29 is 26.4 Å². The first-order valence-corrected chi connectivity index (χ1v) is 11.9. The largest absolute Gasteiger partial charge is 0.416 e. The van der Waals surface area contributed by atoms with E-state index < -0.39 is 21.8 Å². The van der Waals surface area contributed by atoms with Crippen LogP contribution in [0.1, 0.15) is 15.9 Å². The quantitative estimate of drug-likeness (QED) is 0.617. The Hall–Kier alpha value is -1.75. The Morgan fingerprint density at radius 2 is 1.63 bits per heavy atom. The van der Waals surface area contributed by atoms with Gasteiger partial charge in [-0.1, -0.05) is 11.6 Å². The summed E-state index contributed by atoms with van der Waals surface area (Å²) >= 11 is 7.62. The van der Waals surface area contributed by atoms with E-state index in [1.54, 1.807) is 18.2 Å². The number of nitrogens with zero attached hydrogens (tertiary/aromatic N) is 2. The highest BCUT2D eigenvalue weighted by Crippen LogP contribution is 2.30. The van der Waals surface area contributed by atoms with Crippen LogP contribution in [0, 0.1) is 0 Å². The lowest BCUT2D eigenvalue weighted by molar-refractivity contribution is -0.137. The maximum atomic E-state index is 12.8. The van der Waals surface area contributed by atoms with Crippen molar-refractivity contribution in [3.63, 3.8) is 0 Å². The van der Waals surface area contributed by atoms with Crippen molar-refractivity contribution in [2.24, 2.45) is 0 Å². The van der Waals surface area contributed by atoms with Crippen molar-refractivity contribution in [3.8, 4) is 0 Å². The van der Waals surface area contributed by atoms with Gasteiger partial charge in [-0.2, -0.15) is 17.5 Å². The van der Waals surface area contributed by atoms with Crippen LogP contribution in [0.4, 0.5) is 13.2 Å². The monoisotopic (exact) mass is 478 g/mol. The lowest BCUT2D eigenvalue weighted by Crippen LogP contribution is -2.50. The van der Waals surface area contributed by atoms with Crippen molar-refractivity contribution in [3.05, 3.63) is 58.6 Å². The van der Waals surface area contributed by atoms with E-state index in [1.165, 1.54) is 21.0 Å². The first-order valence-electron chi connectivity index (χ1n) is 8.84.